The Hall–Kier alpha value is -1.40. The number of ether oxygens (including phenoxy) is 1. The summed E-state index contributed by atoms with van der Waals surface area (Å²) in [5.74, 6) is -0.0165. The highest BCUT2D eigenvalue weighted by Crippen LogP contribution is 2.19. The zero-order valence-corrected chi connectivity index (χ0v) is 51.8. The van der Waals surface area contributed by atoms with Gasteiger partial charge in [0.25, 0.3) is 0 Å². The van der Waals surface area contributed by atoms with Crippen LogP contribution < -0.4 is 5.32 Å². The van der Waals surface area contributed by atoms with Crippen molar-refractivity contribution in [2.24, 2.45) is 0 Å². The van der Waals surface area contributed by atoms with Crippen molar-refractivity contribution in [3.63, 3.8) is 0 Å². The molecular formula is C70H137NO5. The highest BCUT2D eigenvalue weighted by molar-refractivity contribution is 5.76. The van der Waals surface area contributed by atoms with Crippen LogP contribution >= 0.6 is 0 Å². The Morgan fingerprint density at radius 1 is 0.355 bits per heavy atom. The molecule has 0 fully saturated rings. The normalized spacial score (nSPS) is 12.5. The van der Waals surface area contributed by atoms with Crippen LogP contribution in [0.1, 0.15) is 399 Å². The molecule has 0 spiro atoms. The predicted octanol–water partition coefficient (Wildman–Crippen LogP) is 22.4. The lowest BCUT2D eigenvalue weighted by molar-refractivity contribution is -0.143. The van der Waals surface area contributed by atoms with Crippen molar-refractivity contribution >= 4 is 11.9 Å². The zero-order valence-electron chi connectivity index (χ0n) is 51.8. The van der Waals surface area contributed by atoms with Gasteiger partial charge in [-0.15, -0.1) is 0 Å². The molecule has 0 rings (SSSR count). The van der Waals surface area contributed by atoms with E-state index < -0.39 is 12.1 Å². The summed E-state index contributed by atoms with van der Waals surface area (Å²) in [7, 11) is 0. The van der Waals surface area contributed by atoms with Gasteiger partial charge in [0, 0.05) is 12.8 Å². The second kappa shape index (κ2) is 66.1. The van der Waals surface area contributed by atoms with E-state index >= 15 is 0 Å². The summed E-state index contributed by atoms with van der Waals surface area (Å²) < 4.78 is 5.48. The number of nitrogens with one attached hydrogen (secondary N) is 1. The van der Waals surface area contributed by atoms with E-state index in [9.17, 15) is 19.8 Å². The number of rotatable bonds is 66. The van der Waals surface area contributed by atoms with Gasteiger partial charge in [0.2, 0.25) is 5.91 Å². The molecule has 0 radical (unpaired) electrons. The quantitative estimate of drug-likeness (QED) is 0.0320. The maximum Gasteiger partial charge on any atom is 0.305 e. The lowest BCUT2D eigenvalue weighted by Gasteiger charge is -2.22. The number of hydrogen-bond donors (Lipinski definition) is 3. The largest absolute Gasteiger partial charge is 0.466 e. The second-order valence-electron chi connectivity index (χ2n) is 24.2. The molecule has 2 atom stereocenters. The molecule has 452 valence electrons. The second-order valence-corrected chi connectivity index (χ2v) is 24.2. The Labute approximate surface area is 476 Å². The molecule has 76 heavy (non-hydrogen) atoms. The number of aliphatic hydroxyl groups is 2. The number of hydrogen-bond acceptors (Lipinski definition) is 5. The Balaban J connectivity index is 3.33. The standard InChI is InChI=1S/C70H137NO5/c1-3-5-7-9-11-13-15-17-18-32-35-39-42-46-50-54-58-62-68(73)67(66-72)71-69(74)63-59-55-51-47-43-40-36-33-30-28-26-24-22-20-19-21-23-25-27-29-31-34-37-41-45-49-53-57-61-65-76-70(75)64-60-56-52-48-44-38-16-14-12-10-8-6-4-2/h14,16,67-68,72-73H,3-13,15,17-66H2,1-2H3,(H,71,74)/b16-14-. The van der Waals surface area contributed by atoms with Gasteiger partial charge in [-0.1, -0.05) is 347 Å². The van der Waals surface area contributed by atoms with Gasteiger partial charge in [0.05, 0.1) is 25.4 Å². The van der Waals surface area contributed by atoms with Gasteiger partial charge in [-0.2, -0.15) is 0 Å². The van der Waals surface area contributed by atoms with Crippen molar-refractivity contribution in [1.29, 1.82) is 0 Å². The van der Waals surface area contributed by atoms with E-state index in [1.54, 1.807) is 0 Å². The van der Waals surface area contributed by atoms with Crippen LogP contribution in [0.4, 0.5) is 0 Å². The van der Waals surface area contributed by atoms with Crippen molar-refractivity contribution in [2.45, 2.75) is 411 Å². The SMILES string of the molecule is CCCCCC/C=C\CCCCCCCC(=O)OCCCCCCCCCCCCCCCCCCCCCCCCCCCCCCCC(=O)NC(CO)C(O)CCCCCCCCCCCCCCCCCCC. The molecular weight excluding hydrogens is 935 g/mol. The fraction of sp³-hybridized carbons (Fsp3) is 0.943. The molecule has 0 aromatic heterocycles. The third-order valence-corrected chi connectivity index (χ3v) is 16.6. The monoisotopic (exact) mass is 1070 g/mol. The minimum Gasteiger partial charge on any atom is -0.466 e. The first-order valence-electron chi connectivity index (χ1n) is 34.9. The molecule has 0 saturated heterocycles. The maximum absolute atomic E-state index is 12.5. The van der Waals surface area contributed by atoms with E-state index in [0.717, 1.165) is 44.9 Å². The Kier molecular flexibility index (Phi) is 64.9. The van der Waals surface area contributed by atoms with Gasteiger partial charge >= 0.3 is 5.97 Å². The average molecular weight is 1070 g/mol. The molecule has 0 aromatic carbocycles. The van der Waals surface area contributed by atoms with Gasteiger partial charge in [0.15, 0.2) is 0 Å². The maximum atomic E-state index is 12.5. The topological polar surface area (TPSA) is 95.9 Å². The summed E-state index contributed by atoms with van der Waals surface area (Å²) in [5.41, 5.74) is 0. The van der Waals surface area contributed by atoms with Gasteiger partial charge in [-0.25, -0.2) is 0 Å². The number of carbonyl (C=O) groups excluding carboxylic acids is 2. The van der Waals surface area contributed by atoms with Gasteiger partial charge in [-0.3, -0.25) is 9.59 Å². The molecule has 0 heterocycles. The average Bonchev–Trinajstić information content (AvgIpc) is 3.42. The van der Waals surface area contributed by atoms with Crippen LogP contribution in [0.3, 0.4) is 0 Å². The summed E-state index contributed by atoms with van der Waals surface area (Å²) >= 11 is 0. The van der Waals surface area contributed by atoms with Gasteiger partial charge < -0.3 is 20.3 Å². The lowest BCUT2D eigenvalue weighted by atomic mass is 10.0. The first-order valence-corrected chi connectivity index (χ1v) is 34.9. The summed E-state index contributed by atoms with van der Waals surface area (Å²) in [4.78, 5) is 24.6. The predicted molar refractivity (Wildman–Crippen MR) is 333 cm³/mol. The summed E-state index contributed by atoms with van der Waals surface area (Å²) in [6, 6.07) is -0.538. The molecule has 0 aliphatic carbocycles. The van der Waals surface area contributed by atoms with Crippen LogP contribution in [-0.2, 0) is 14.3 Å². The zero-order chi connectivity index (χ0) is 55.0. The van der Waals surface area contributed by atoms with Crippen molar-refractivity contribution < 1.29 is 24.5 Å². The van der Waals surface area contributed by atoms with E-state index in [4.69, 9.17) is 4.74 Å². The highest BCUT2D eigenvalue weighted by Gasteiger charge is 2.20. The molecule has 0 saturated carbocycles. The smallest absolute Gasteiger partial charge is 0.305 e. The number of aliphatic hydroxyl groups excluding tert-OH is 2. The van der Waals surface area contributed by atoms with Crippen LogP contribution in [-0.4, -0.2) is 47.4 Å². The highest BCUT2D eigenvalue weighted by atomic mass is 16.5. The minimum atomic E-state index is -0.661. The van der Waals surface area contributed by atoms with Crippen molar-refractivity contribution in [2.75, 3.05) is 13.2 Å². The lowest BCUT2D eigenvalue weighted by Crippen LogP contribution is -2.45. The third-order valence-electron chi connectivity index (χ3n) is 16.6. The van der Waals surface area contributed by atoms with Crippen LogP contribution in [0.2, 0.25) is 0 Å². The van der Waals surface area contributed by atoms with Crippen LogP contribution in [0, 0.1) is 0 Å². The molecule has 6 heteroatoms. The molecule has 0 aromatic rings. The van der Waals surface area contributed by atoms with Crippen LogP contribution in [0.5, 0.6) is 0 Å². The van der Waals surface area contributed by atoms with E-state index in [1.807, 2.05) is 0 Å². The molecule has 0 aliphatic heterocycles. The molecule has 6 nitrogen and oxygen atoms in total. The number of carbonyl (C=O) groups is 2. The molecule has 3 N–H and O–H groups in total. The first kappa shape index (κ1) is 74.6. The van der Waals surface area contributed by atoms with Crippen molar-refractivity contribution in [3.05, 3.63) is 12.2 Å². The molecule has 0 aliphatic rings. The fourth-order valence-corrected chi connectivity index (χ4v) is 11.2. The van der Waals surface area contributed by atoms with Gasteiger partial charge in [0.1, 0.15) is 0 Å². The number of amides is 1. The van der Waals surface area contributed by atoms with Crippen LogP contribution in [0.25, 0.3) is 0 Å². The number of unbranched alkanes of at least 4 members (excludes halogenated alkanes) is 53. The summed E-state index contributed by atoms with van der Waals surface area (Å²) in [6.45, 7) is 4.98. The van der Waals surface area contributed by atoms with E-state index in [0.29, 0.717) is 25.9 Å². The van der Waals surface area contributed by atoms with Gasteiger partial charge in [-0.05, 0) is 51.4 Å². The third kappa shape index (κ3) is 61.8. The molecule has 2 unspecified atom stereocenters. The van der Waals surface area contributed by atoms with Crippen molar-refractivity contribution in [3.8, 4) is 0 Å². The number of allylic oxidation sites excluding steroid dienone is 2. The van der Waals surface area contributed by atoms with E-state index in [2.05, 4.69) is 31.3 Å². The minimum absolute atomic E-state index is 0.0110. The molecule has 0 bridgehead atoms. The van der Waals surface area contributed by atoms with Crippen LogP contribution in [0.15, 0.2) is 12.2 Å². The Bertz CT molecular complexity index is 1140. The Morgan fingerprint density at radius 2 is 0.618 bits per heavy atom. The Morgan fingerprint density at radius 3 is 0.947 bits per heavy atom. The van der Waals surface area contributed by atoms with E-state index in [1.165, 1.54) is 321 Å². The molecule has 1 amide bonds. The first-order chi connectivity index (χ1) is 37.5. The number of esters is 1. The fourth-order valence-electron chi connectivity index (χ4n) is 11.2. The summed E-state index contributed by atoms with van der Waals surface area (Å²) in [5, 5.41) is 23.4. The summed E-state index contributed by atoms with van der Waals surface area (Å²) in [6.07, 6.45) is 81.2. The van der Waals surface area contributed by atoms with E-state index in [-0.39, 0.29) is 18.5 Å². The van der Waals surface area contributed by atoms with Crippen molar-refractivity contribution in [1.82, 2.24) is 5.32 Å².